The topological polar surface area (TPSA) is 96.5 Å². The molecule has 1 saturated heterocycles. The molecule has 0 spiro atoms. The number of nitrogens with one attached hydrogen (secondary N) is 3. The lowest BCUT2D eigenvalue weighted by molar-refractivity contribution is 0.0529. The molecule has 0 aromatic heterocycles. The lowest BCUT2D eigenvalue weighted by atomic mass is 10.2. The van der Waals surface area contributed by atoms with Crippen molar-refractivity contribution in [3.05, 3.63) is 23.8 Å². The molecule has 2 rings (SSSR count). The number of hydrogen-bond acceptors (Lipinski definition) is 6. The van der Waals surface area contributed by atoms with Crippen molar-refractivity contribution in [3.63, 3.8) is 0 Å². The first-order chi connectivity index (χ1) is 14.7. The minimum Gasteiger partial charge on any atom is -0.497 e. The molecular formula is C22H37N5O4. The van der Waals surface area contributed by atoms with Crippen LogP contribution in [0.1, 0.15) is 32.8 Å². The zero-order valence-electron chi connectivity index (χ0n) is 19.6. The van der Waals surface area contributed by atoms with Gasteiger partial charge in [0.1, 0.15) is 17.1 Å². The van der Waals surface area contributed by atoms with Gasteiger partial charge >= 0.3 is 6.09 Å². The number of guanidine groups is 1. The second kappa shape index (κ2) is 11.6. The Balaban J connectivity index is 1.74. The number of likely N-dealkylation sites (tertiary alicyclic amines) is 1. The van der Waals surface area contributed by atoms with Gasteiger partial charge in [-0.3, -0.25) is 9.89 Å². The Morgan fingerprint density at radius 2 is 1.77 bits per heavy atom. The van der Waals surface area contributed by atoms with Crippen LogP contribution >= 0.6 is 0 Å². The second-order valence-corrected chi connectivity index (χ2v) is 8.51. The number of methoxy groups -OCH3 is 2. The fourth-order valence-electron chi connectivity index (χ4n) is 3.36. The molecule has 1 fully saturated rings. The molecule has 1 aliphatic rings. The molecule has 0 radical (unpaired) electrons. The lowest BCUT2D eigenvalue weighted by Gasteiger charge is -2.21. The molecule has 1 heterocycles. The number of ether oxygens (including phenoxy) is 3. The minimum atomic E-state index is -0.501. The van der Waals surface area contributed by atoms with Gasteiger partial charge in [0.2, 0.25) is 0 Å². The molecule has 9 nitrogen and oxygen atoms in total. The maximum atomic E-state index is 11.7. The quantitative estimate of drug-likeness (QED) is 0.326. The van der Waals surface area contributed by atoms with Crippen LogP contribution in [0.5, 0.6) is 11.5 Å². The van der Waals surface area contributed by atoms with Gasteiger partial charge in [0, 0.05) is 51.9 Å². The van der Waals surface area contributed by atoms with Crippen molar-refractivity contribution in [1.29, 1.82) is 0 Å². The Kier molecular flexibility index (Phi) is 9.23. The highest BCUT2D eigenvalue weighted by Gasteiger charge is 2.23. The molecule has 9 heteroatoms. The van der Waals surface area contributed by atoms with Crippen LogP contribution in [0.25, 0.3) is 0 Å². The fourth-order valence-corrected chi connectivity index (χ4v) is 3.36. The summed E-state index contributed by atoms with van der Waals surface area (Å²) in [5, 5.41) is 9.41. The average molecular weight is 436 g/mol. The zero-order chi connectivity index (χ0) is 22.9. The summed E-state index contributed by atoms with van der Waals surface area (Å²) in [6.07, 6.45) is 0.607. The van der Waals surface area contributed by atoms with Crippen molar-refractivity contribution in [3.8, 4) is 11.5 Å². The van der Waals surface area contributed by atoms with Gasteiger partial charge in [0.05, 0.1) is 14.2 Å². The minimum absolute atomic E-state index is 0.303. The number of benzene rings is 1. The summed E-state index contributed by atoms with van der Waals surface area (Å²) in [6.45, 7) is 9.26. The van der Waals surface area contributed by atoms with E-state index in [-0.39, 0.29) is 0 Å². The third-order valence-electron chi connectivity index (χ3n) is 4.74. The Hall–Kier alpha value is -2.68. The first-order valence-electron chi connectivity index (χ1n) is 10.6. The number of carbonyl (C=O) groups is 1. The summed E-state index contributed by atoms with van der Waals surface area (Å²) in [4.78, 5) is 18.4. The number of carbonyl (C=O) groups excluding carboxylic acids is 1. The highest BCUT2D eigenvalue weighted by atomic mass is 16.6. The molecular weight excluding hydrogens is 398 g/mol. The van der Waals surface area contributed by atoms with Gasteiger partial charge < -0.3 is 30.2 Å². The molecule has 0 aliphatic carbocycles. The van der Waals surface area contributed by atoms with Gasteiger partial charge in [-0.2, -0.15) is 0 Å². The van der Waals surface area contributed by atoms with Crippen molar-refractivity contribution in [2.45, 2.75) is 45.4 Å². The van der Waals surface area contributed by atoms with Crippen LogP contribution in [-0.4, -0.2) is 76.0 Å². The van der Waals surface area contributed by atoms with Crippen molar-refractivity contribution in [2.24, 2.45) is 4.99 Å². The predicted octanol–water partition coefficient (Wildman–Crippen LogP) is 1.97. The van der Waals surface area contributed by atoms with Crippen molar-refractivity contribution in [1.82, 2.24) is 20.9 Å². The summed E-state index contributed by atoms with van der Waals surface area (Å²) in [7, 11) is 5.07. The van der Waals surface area contributed by atoms with E-state index in [1.165, 1.54) is 0 Å². The van der Waals surface area contributed by atoms with E-state index in [1.54, 1.807) is 21.3 Å². The van der Waals surface area contributed by atoms with Crippen LogP contribution < -0.4 is 25.4 Å². The number of alkyl carbamates (subject to hydrolysis) is 1. The zero-order valence-corrected chi connectivity index (χ0v) is 19.6. The number of nitrogens with zero attached hydrogens (tertiary/aromatic N) is 2. The molecule has 1 amide bonds. The normalized spacial score (nSPS) is 17.2. The second-order valence-electron chi connectivity index (χ2n) is 8.51. The van der Waals surface area contributed by atoms with Gasteiger partial charge in [-0.25, -0.2) is 4.79 Å². The number of amides is 1. The number of aliphatic imine (C=N–C) groups is 1. The van der Waals surface area contributed by atoms with Crippen LogP contribution in [-0.2, 0) is 11.3 Å². The average Bonchev–Trinajstić information content (AvgIpc) is 3.15. The van der Waals surface area contributed by atoms with E-state index >= 15 is 0 Å². The highest BCUT2D eigenvalue weighted by Crippen LogP contribution is 2.24. The Bertz CT molecular complexity index is 726. The summed E-state index contributed by atoms with van der Waals surface area (Å²) in [5.41, 5.74) is 0.659. The van der Waals surface area contributed by atoms with Crippen molar-refractivity contribution in [2.75, 3.05) is 47.4 Å². The largest absolute Gasteiger partial charge is 0.497 e. The smallest absolute Gasteiger partial charge is 0.407 e. The van der Waals surface area contributed by atoms with Gasteiger partial charge in [0.25, 0.3) is 0 Å². The number of hydrogen-bond donors (Lipinski definition) is 3. The molecule has 1 aromatic carbocycles. The predicted molar refractivity (Wildman–Crippen MR) is 122 cm³/mol. The molecule has 174 valence electrons. The Labute approximate surface area is 185 Å². The van der Waals surface area contributed by atoms with Crippen molar-refractivity contribution >= 4 is 12.1 Å². The Morgan fingerprint density at radius 3 is 2.35 bits per heavy atom. The summed E-state index contributed by atoms with van der Waals surface area (Å²) >= 11 is 0. The number of rotatable bonds is 8. The van der Waals surface area contributed by atoms with Gasteiger partial charge in [-0.1, -0.05) is 0 Å². The van der Waals surface area contributed by atoms with Crippen LogP contribution in [0.3, 0.4) is 0 Å². The monoisotopic (exact) mass is 435 g/mol. The summed E-state index contributed by atoms with van der Waals surface area (Å²) in [5.74, 6) is 2.32. The molecule has 1 atom stereocenters. The molecule has 0 saturated carbocycles. The lowest BCUT2D eigenvalue weighted by Crippen LogP contribution is -2.46. The van der Waals surface area contributed by atoms with Crippen molar-refractivity contribution < 1.29 is 19.0 Å². The fraction of sp³-hybridized carbons (Fsp3) is 0.636. The first kappa shape index (κ1) is 24.6. The third kappa shape index (κ3) is 8.92. The van der Waals surface area contributed by atoms with E-state index in [0.717, 1.165) is 49.1 Å². The van der Waals surface area contributed by atoms with E-state index < -0.39 is 11.7 Å². The molecule has 31 heavy (non-hydrogen) atoms. The van der Waals surface area contributed by atoms with E-state index in [2.05, 4.69) is 25.8 Å². The van der Waals surface area contributed by atoms with Crippen LogP contribution in [0.2, 0.25) is 0 Å². The maximum Gasteiger partial charge on any atom is 0.407 e. The SMILES string of the molecule is CN=C(NCCNC(=O)OC(C)(C)C)NC1CCN(Cc2cc(OC)cc(OC)c2)C1. The van der Waals surface area contributed by atoms with E-state index in [4.69, 9.17) is 14.2 Å². The van der Waals surface area contributed by atoms with E-state index in [0.29, 0.717) is 19.1 Å². The maximum absolute atomic E-state index is 11.7. The molecule has 1 aliphatic heterocycles. The van der Waals surface area contributed by atoms with Gasteiger partial charge in [-0.15, -0.1) is 0 Å². The molecule has 1 unspecified atom stereocenters. The standard InChI is InChI=1S/C22H37N5O4/c1-22(2,3)31-21(28)25-9-8-24-20(23-4)26-17-7-10-27(15-17)14-16-11-18(29-5)13-19(12-16)30-6/h11-13,17H,7-10,14-15H2,1-6H3,(H,25,28)(H2,23,24,26). The highest BCUT2D eigenvalue weighted by molar-refractivity contribution is 5.80. The summed E-state index contributed by atoms with van der Waals surface area (Å²) < 4.78 is 16.0. The van der Waals surface area contributed by atoms with Crippen LogP contribution in [0.4, 0.5) is 4.79 Å². The first-order valence-corrected chi connectivity index (χ1v) is 10.6. The van der Waals surface area contributed by atoms with Gasteiger partial charge in [-0.05, 0) is 44.9 Å². The third-order valence-corrected chi connectivity index (χ3v) is 4.74. The molecule has 3 N–H and O–H groups in total. The molecule has 0 bridgehead atoms. The van der Waals surface area contributed by atoms with E-state index in [9.17, 15) is 4.79 Å². The van der Waals surface area contributed by atoms with Crippen LogP contribution in [0, 0.1) is 0 Å². The molecule has 1 aromatic rings. The summed E-state index contributed by atoms with van der Waals surface area (Å²) in [6, 6.07) is 6.27. The van der Waals surface area contributed by atoms with E-state index in [1.807, 2.05) is 39.0 Å². The van der Waals surface area contributed by atoms with Crippen LogP contribution in [0.15, 0.2) is 23.2 Å². The van der Waals surface area contributed by atoms with Gasteiger partial charge in [0.15, 0.2) is 5.96 Å². The Morgan fingerprint density at radius 1 is 1.13 bits per heavy atom.